The molecular weight excluding hydrogens is 206 g/mol. The number of carbonyl (C=O) groups excluding carboxylic acids is 1. The lowest BCUT2D eigenvalue weighted by atomic mass is 10.2. The number of hydrogen-bond acceptors (Lipinski definition) is 4. The highest BCUT2D eigenvalue weighted by Gasteiger charge is 2.04. The first kappa shape index (κ1) is 14.6. The van der Waals surface area contributed by atoms with Crippen LogP contribution in [-0.2, 0) is 22.5 Å². The van der Waals surface area contributed by atoms with Crippen LogP contribution in [0.25, 0.3) is 0 Å². The van der Waals surface area contributed by atoms with Crippen LogP contribution in [0.3, 0.4) is 0 Å². The second-order valence-electron chi connectivity index (χ2n) is 3.09. The average Bonchev–Trinajstić information content (AvgIpc) is 2.76. The highest BCUT2D eigenvalue weighted by atomic mass is 16.5. The summed E-state index contributed by atoms with van der Waals surface area (Å²) in [4.78, 5) is 10.9. The van der Waals surface area contributed by atoms with Crippen LogP contribution in [0.4, 0.5) is 0 Å². The molecule has 0 bridgehead atoms. The van der Waals surface area contributed by atoms with E-state index in [9.17, 15) is 4.79 Å². The predicted molar refractivity (Wildman–Crippen MR) is 62.0 cm³/mol. The molecule has 0 aliphatic carbocycles. The summed E-state index contributed by atoms with van der Waals surface area (Å²) in [5.41, 5.74) is 0.927. The van der Waals surface area contributed by atoms with Crippen molar-refractivity contribution in [3.8, 4) is 0 Å². The second kappa shape index (κ2) is 8.88. The Morgan fingerprint density at radius 3 is 2.75 bits per heavy atom. The number of methoxy groups -OCH3 is 1. The summed E-state index contributed by atoms with van der Waals surface area (Å²) < 4.78 is 6.01. The number of esters is 1. The minimum absolute atomic E-state index is 0.135. The molecule has 1 aromatic rings. The zero-order chi connectivity index (χ0) is 12.4. The minimum Gasteiger partial charge on any atom is -0.468 e. The molecule has 0 radical (unpaired) electrons. The van der Waals surface area contributed by atoms with Gasteiger partial charge in [0.05, 0.1) is 12.8 Å². The Kier molecular flexibility index (Phi) is 8.11. The summed E-state index contributed by atoms with van der Waals surface area (Å²) in [7, 11) is 1.36. The van der Waals surface area contributed by atoms with Gasteiger partial charge in [-0.1, -0.05) is 32.4 Å². The van der Waals surface area contributed by atoms with Crippen molar-refractivity contribution in [2.75, 3.05) is 7.11 Å². The monoisotopic (exact) mass is 227 g/mol. The molecule has 1 rings (SSSR count). The molecule has 16 heavy (non-hydrogen) atoms. The van der Waals surface area contributed by atoms with Gasteiger partial charge in [-0.3, -0.25) is 4.79 Å². The number of ether oxygens (including phenoxy) is 1. The van der Waals surface area contributed by atoms with E-state index < -0.39 is 0 Å². The quantitative estimate of drug-likeness (QED) is 0.720. The van der Waals surface area contributed by atoms with Crippen molar-refractivity contribution in [2.45, 2.75) is 46.6 Å². The van der Waals surface area contributed by atoms with E-state index in [0.29, 0.717) is 0 Å². The maximum atomic E-state index is 10.9. The van der Waals surface area contributed by atoms with Gasteiger partial charge in [-0.25, -0.2) is 4.68 Å². The summed E-state index contributed by atoms with van der Waals surface area (Å²) in [5.74, 6) is -0.308. The number of rotatable bonds is 5. The van der Waals surface area contributed by atoms with Crippen LogP contribution in [0.2, 0.25) is 0 Å². The normalized spacial score (nSPS) is 9.25. The summed E-state index contributed by atoms with van der Waals surface area (Å²) >= 11 is 0. The zero-order valence-electron chi connectivity index (χ0n) is 10.6. The number of aromatic nitrogens is 3. The van der Waals surface area contributed by atoms with Gasteiger partial charge in [0.2, 0.25) is 0 Å². The molecule has 0 unspecified atom stereocenters. The molecule has 0 amide bonds. The number of hydrogen-bond donors (Lipinski definition) is 0. The number of nitrogens with zero attached hydrogens (tertiary/aromatic N) is 3. The van der Waals surface area contributed by atoms with Crippen molar-refractivity contribution < 1.29 is 9.53 Å². The maximum absolute atomic E-state index is 10.9. The van der Waals surface area contributed by atoms with Crippen molar-refractivity contribution in [3.05, 3.63) is 11.9 Å². The molecule has 0 aliphatic heterocycles. The van der Waals surface area contributed by atoms with E-state index in [0.717, 1.165) is 25.0 Å². The summed E-state index contributed by atoms with van der Waals surface area (Å²) in [5, 5.41) is 7.77. The van der Waals surface area contributed by atoms with Crippen LogP contribution < -0.4 is 0 Å². The Morgan fingerprint density at radius 2 is 2.19 bits per heavy atom. The Hall–Kier alpha value is -1.39. The first-order valence-electron chi connectivity index (χ1n) is 5.72. The summed E-state index contributed by atoms with van der Waals surface area (Å²) in [6.45, 7) is 6.26. The van der Waals surface area contributed by atoms with Crippen LogP contribution in [-0.4, -0.2) is 28.1 Å². The SMILES string of the molecule is CC.CCCCc1cn(CC(=O)OC)nn1. The molecule has 0 atom stereocenters. The van der Waals surface area contributed by atoms with E-state index in [1.807, 2.05) is 13.8 Å². The molecule has 0 N–H and O–H groups in total. The molecule has 0 spiro atoms. The minimum atomic E-state index is -0.308. The van der Waals surface area contributed by atoms with Crippen molar-refractivity contribution in [3.63, 3.8) is 0 Å². The molecular formula is C11H21N3O2. The maximum Gasteiger partial charge on any atom is 0.327 e. The largest absolute Gasteiger partial charge is 0.468 e. The molecule has 0 aromatic carbocycles. The lowest BCUT2D eigenvalue weighted by Gasteiger charge is -1.96. The second-order valence-corrected chi connectivity index (χ2v) is 3.09. The molecule has 0 saturated heterocycles. The molecule has 1 heterocycles. The van der Waals surface area contributed by atoms with Gasteiger partial charge in [0.1, 0.15) is 6.54 Å². The van der Waals surface area contributed by atoms with E-state index in [1.54, 1.807) is 6.20 Å². The number of carbonyl (C=O) groups is 1. The molecule has 1 aromatic heterocycles. The molecule has 0 saturated carbocycles. The van der Waals surface area contributed by atoms with Crippen LogP contribution in [0.1, 0.15) is 39.3 Å². The van der Waals surface area contributed by atoms with Gasteiger partial charge in [0.15, 0.2) is 0 Å². The number of unbranched alkanes of at least 4 members (excludes halogenated alkanes) is 1. The van der Waals surface area contributed by atoms with E-state index in [2.05, 4.69) is 22.0 Å². The van der Waals surface area contributed by atoms with Gasteiger partial charge < -0.3 is 4.74 Å². The highest BCUT2D eigenvalue weighted by molar-refractivity contribution is 5.68. The topological polar surface area (TPSA) is 57.0 Å². The molecule has 5 heteroatoms. The van der Waals surface area contributed by atoms with Crippen LogP contribution in [0.15, 0.2) is 6.20 Å². The van der Waals surface area contributed by atoms with Crippen LogP contribution in [0, 0.1) is 0 Å². The Morgan fingerprint density at radius 1 is 1.50 bits per heavy atom. The number of aryl methyl sites for hydroxylation is 1. The Labute approximate surface area is 96.8 Å². The van der Waals surface area contributed by atoms with Crippen molar-refractivity contribution in [1.29, 1.82) is 0 Å². The molecule has 92 valence electrons. The third kappa shape index (κ3) is 5.48. The third-order valence-electron chi connectivity index (χ3n) is 1.89. The fraction of sp³-hybridized carbons (Fsp3) is 0.727. The fourth-order valence-electron chi connectivity index (χ4n) is 1.09. The lowest BCUT2D eigenvalue weighted by molar-refractivity contribution is -0.141. The summed E-state index contributed by atoms with van der Waals surface area (Å²) in [6, 6.07) is 0. The molecule has 0 fully saturated rings. The Bertz CT molecular complexity index is 297. The standard InChI is InChI=1S/C9H15N3O2.C2H6/c1-3-4-5-8-6-12(11-10-8)7-9(13)14-2;1-2/h6H,3-5,7H2,1-2H3;1-2H3. The van der Waals surface area contributed by atoms with Gasteiger partial charge in [0, 0.05) is 6.20 Å². The highest BCUT2D eigenvalue weighted by Crippen LogP contribution is 2.00. The van der Waals surface area contributed by atoms with Gasteiger partial charge >= 0.3 is 5.97 Å². The third-order valence-corrected chi connectivity index (χ3v) is 1.89. The zero-order valence-corrected chi connectivity index (χ0v) is 10.6. The van der Waals surface area contributed by atoms with Gasteiger partial charge in [-0.15, -0.1) is 5.10 Å². The average molecular weight is 227 g/mol. The van der Waals surface area contributed by atoms with Crippen molar-refractivity contribution >= 4 is 5.97 Å². The van der Waals surface area contributed by atoms with Gasteiger partial charge in [-0.2, -0.15) is 0 Å². The lowest BCUT2D eigenvalue weighted by Crippen LogP contribution is -2.11. The first-order chi connectivity index (χ1) is 7.76. The van der Waals surface area contributed by atoms with Crippen molar-refractivity contribution in [2.24, 2.45) is 0 Å². The van der Waals surface area contributed by atoms with E-state index >= 15 is 0 Å². The smallest absolute Gasteiger partial charge is 0.327 e. The summed E-state index contributed by atoms with van der Waals surface area (Å²) in [6.07, 6.45) is 4.92. The van der Waals surface area contributed by atoms with E-state index in [-0.39, 0.29) is 12.5 Å². The molecule has 0 aliphatic rings. The van der Waals surface area contributed by atoms with Gasteiger partial charge in [-0.05, 0) is 12.8 Å². The van der Waals surface area contributed by atoms with Crippen molar-refractivity contribution in [1.82, 2.24) is 15.0 Å². The van der Waals surface area contributed by atoms with Crippen LogP contribution in [0.5, 0.6) is 0 Å². The van der Waals surface area contributed by atoms with E-state index in [1.165, 1.54) is 11.8 Å². The Balaban J connectivity index is 0.00000106. The molecule has 5 nitrogen and oxygen atoms in total. The first-order valence-corrected chi connectivity index (χ1v) is 5.72. The fourth-order valence-corrected chi connectivity index (χ4v) is 1.09. The van der Waals surface area contributed by atoms with Crippen LogP contribution >= 0.6 is 0 Å². The van der Waals surface area contributed by atoms with E-state index in [4.69, 9.17) is 0 Å². The van der Waals surface area contributed by atoms with Gasteiger partial charge in [0.25, 0.3) is 0 Å². The predicted octanol–water partition coefficient (Wildman–Crippen LogP) is 1.82.